The molecule has 0 aromatic rings. The van der Waals surface area contributed by atoms with Crippen LogP contribution in [0.1, 0.15) is 32.1 Å². The van der Waals surface area contributed by atoms with E-state index < -0.39 is 79.2 Å². The molecule has 0 aromatic heterocycles. The van der Waals surface area contributed by atoms with E-state index in [0.29, 0.717) is 19.4 Å². The number of hydrogen-bond acceptors (Lipinski definition) is 9. The Labute approximate surface area is 183 Å². The predicted octanol–water partition coefficient (Wildman–Crippen LogP) is -4.68. The maximum absolute atomic E-state index is 12.6. The number of carbonyl (C=O) groups is 6. The summed E-state index contributed by atoms with van der Waals surface area (Å²) in [6, 6.07) is -5.99. The van der Waals surface area contributed by atoms with Gasteiger partial charge in [-0.25, -0.2) is 4.79 Å². The Hall–Kier alpha value is -3.30. The van der Waals surface area contributed by atoms with Gasteiger partial charge in [-0.2, -0.15) is 0 Å². The summed E-state index contributed by atoms with van der Waals surface area (Å²) in [5.74, 6) is -6.82. The molecule has 0 aliphatic carbocycles. The zero-order valence-electron chi connectivity index (χ0n) is 17.3. The molecule has 4 amide bonds. The normalized spacial score (nSPS) is 14.3. The first kappa shape index (κ1) is 28.7. The van der Waals surface area contributed by atoms with Gasteiger partial charge in [0.2, 0.25) is 23.6 Å². The number of carboxylic acids is 2. The summed E-state index contributed by atoms with van der Waals surface area (Å²) in [5.41, 5.74) is 15.9. The summed E-state index contributed by atoms with van der Waals surface area (Å²) in [5, 5.41) is 33.2. The van der Waals surface area contributed by atoms with E-state index in [4.69, 9.17) is 32.5 Å². The van der Waals surface area contributed by atoms with Gasteiger partial charge >= 0.3 is 11.9 Å². The number of rotatable bonds is 16. The van der Waals surface area contributed by atoms with Gasteiger partial charge in [0, 0.05) is 0 Å². The first-order valence-electron chi connectivity index (χ1n) is 9.63. The van der Waals surface area contributed by atoms with Crippen molar-refractivity contribution in [2.24, 2.45) is 17.2 Å². The van der Waals surface area contributed by atoms with Crippen LogP contribution < -0.4 is 33.2 Å². The smallest absolute Gasteiger partial charge is 0.328 e. The number of carboxylic acid groups (broad SMARTS) is 2. The van der Waals surface area contributed by atoms with Crippen molar-refractivity contribution in [2.75, 3.05) is 13.2 Å². The van der Waals surface area contributed by atoms with Gasteiger partial charge in [-0.3, -0.25) is 24.0 Å². The van der Waals surface area contributed by atoms with E-state index in [9.17, 15) is 28.8 Å². The van der Waals surface area contributed by atoms with Gasteiger partial charge in [0.1, 0.15) is 18.1 Å². The third kappa shape index (κ3) is 11.2. The van der Waals surface area contributed by atoms with Crippen LogP contribution in [0.15, 0.2) is 0 Å². The van der Waals surface area contributed by atoms with E-state index in [1.165, 1.54) is 0 Å². The number of primary amides is 1. The van der Waals surface area contributed by atoms with E-state index in [2.05, 4.69) is 16.0 Å². The van der Waals surface area contributed by atoms with Gasteiger partial charge < -0.3 is 48.5 Å². The lowest BCUT2D eigenvalue weighted by Gasteiger charge is -2.24. The molecule has 0 aliphatic rings. The Morgan fingerprint density at radius 2 is 1.31 bits per heavy atom. The highest BCUT2D eigenvalue weighted by Crippen LogP contribution is 2.04. The quantitative estimate of drug-likeness (QED) is 0.0982. The van der Waals surface area contributed by atoms with Crippen molar-refractivity contribution in [1.82, 2.24) is 16.0 Å². The largest absolute Gasteiger partial charge is 0.481 e. The number of amides is 4. The van der Waals surface area contributed by atoms with Crippen LogP contribution in [-0.2, 0) is 28.8 Å². The maximum Gasteiger partial charge on any atom is 0.328 e. The fraction of sp³-hybridized carbons (Fsp3) is 0.647. The second kappa shape index (κ2) is 14.7. The molecule has 0 saturated heterocycles. The Bertz CT molecular complexity index is 702. The standard InChI is InChI=1S/C17H30N6O9/c18-4-2-1-3-9(15(29)23-11(7-24)17(31)32)21-16(30)10(6-12(20)25)22-14(28)8(19)5-13(26)27/h8-11,24H,1-7,18-19H2,(H2,20,25)(H,21,30)(H,22,28)(H,23,29)(H,26,27)(H,31,32). The van der Waals surface area contributed by atoms with Crippen LogP contribution in [0.25, 0.3) is 0 Å². The third-order valence-electron chi connectivity index (χ3n) is 4.15. The number of nitrogens with two attached hydrogens (primary N) is 3. The molecule has 0 fully saturated rings. The molecular weight excluding hydrogens is 432 g/mol. The molecule has 0 heterocycles. The van der Waals surface area contributed by atoms with Crippen molar-refractivity contribution < 1.29 is 44.1 Å². The van der Waals surface area contributed by atoms with Gasteiger partial charge in [0.15, 0.2) is 0 Å². The van der Waals surface area contributed by atoms with Crippen molar-refractivity contribution in [2.45, 2.75) is 56.3 Å². The highest BCUT2D eigenvalue weighted by atomic mass is 16.4. The van der Waals surface area contributed by atoms with E-state index in [-0.39, 0.29) is 6.42 Å². The SMILES string of the molecule is NCCCCC(NC(=O)C(CC(N)=O)NC(=O)C(N)CC(=O)O)C(=O)NC(CO)C(=O)O. The van der Waals surface area contributed by atoms with Gasteiger partial charge in [-0.15, -0.1) is 0 Å². The molecule has 15 heteroatoms. The van der Waals surface area contributed by atoms with Crippen LogP contribution in [0.4, 0.5) is 0 Å². The second-order valence-electron chi connectivity index (χ2n) is 6.86. The topological polar surface area (TPSA) is 277 Å². The zero-order chi connectivity index (χ0) is 24.8. The lowest BCUT2D eigenvalue weighted by atomic mass is 10.1. The molecule has 182 valence electrons. The number of aliphatic carboxylic acids is 2. The average Bonchev–Trinajstić information content (AvgIpc) is 2.69. The third-order valence-corrected chi connectivity index (χ3v) is 4.15. The zero-order valence-corrected chi connectivity index (χ0v) is 17.3. The van der Waals surface area contributed by atoms with Crippen LogP contribution in [0.2, 0.25) is 0 Å². The minimum Gasteiger partial charge on any atom is -0.481 e. The fourth-order valence-corrected chi connectivity index (χ4v) is 2.46. The minimum absolute atomic E-state index is 0.0301. The summed E-state index contributed by atoms with van der Waals surface area (Å²) in [6.45, 7) is -0.606. The molecule has 4 atom stereocenters. The van der Waals surface area contributed by atoms with Gasteiger partial charge in [-0.1, -0.05) is 0 Å². The van der Waals surface area contributed by atoms with Crippen LogP contribution in [0.3, 0.4) is 0 Å². The van der Waals surface area contributed by atoms with Crippen LogP contribution in [-0.4, -0.2) is 88.2 Å². The molecule has 4 unspecified atom stereocenters. The van der Waals surface area contributed by atoms with Gasteiger partial charge in [-0.05, 0) is 25.8 Å². The first-order chi connectivity index (χ1) is 14.9. The van der Waals surface area contributed by atoms with Crippen LogP contribution in [0.5, 0.6) is 0 Å². The molecule has 0 saturated carbocycles. The molecular formula is C17H30N6O9. The molecule has 0 rings (SSSR count). The van der Waals surface area contributed by atoms with E-state index in [1.54, 1.807) is 0 Å². The molecule has 0 aliphatic heterocycles. The summed E-state index contributed by atoms with van der Waals surface area (Å²) in [4.78, 5) is 70.2. The first-order valence-corrected chi connectivity index (χ1v) is 9.63. The molecule has 12 N–H and O–H groups in total. The Morgan fingerprint density at radius 1 is 0.781 bits per heavy atom. The van der Waals surface area contributed by atoms with Gasteiger partial charge in [0.25, 0.3) is 0 Å². The van der Waals surface area contributed by atoms with E-state index in [1.807, 2.05) is 0 Å². The Balaban J connectivity index is 5.44. The summed E-state index contributed by atoms with van der Waals surface area (Å²) in [7, 11) is 0. The molecule has 32 heavy (non-hydrogen) atoms. The van der Waals surface area contributed by atoms with Crippen molar-refractivity contribution in [3.05, 3.63) is 0 Å². The van der Waals surface area contributed by atoms with Crippen molar-refractivity contribution in [3.8, 4) is 0 Å². The predicted molar refractivity (Wildman–Crippen MR) is 107 cm³/mol. The summed E-state index contributed by atoms with van der Waals surface area (Å²) < 4.78 is 0. The average molecular weight is 462 g/mol. The lowest BCUT2D eigenvalue weighted by molar-refractivity contribution is -0.143. The number of aliphatic hydroxyl groups is 1. The molecule has 15 nitrogen and oxygen atoms in total. The molecule has 0 bridgehead atoms. The number of unbranched alkanes of at least 4 members (excludes halogenated alkanes) is 1. The van der Waals surface area contributed by atoms with Gasteiger partial charge in [0.05, 0.1) is 25.5 Å². The number of carbonyl (C=O) groups excluding carboxylic acids is 4. The lowest BCUT2D eigenvalue weighted by Crippen LogP contribution is -2.58. The van der Waals surface area contributed by atoms with Crippen LogP contribution in [0, 0.1) is 0 Å². The maximum atomic E-state index is 12.6. The van der Waals surface area contributed by atoms with Crippen molar-refractivity contribution in [3.63, 3.8) is 0 Å². The monoisotopic (exact) mass is 462 g/mol. The van der Waals surface area contributed by atoms with E-state index in [0.717, 1.165) is 0 Å². The number of hydrogen-bond donors (Lipinski definition) is 9. The molecule has 0 aromatic carbocycles. The molecule has 0 radical (unpaired) electrons. The number of nitrogens with one attached hydrogen (secondary N) is 3. The summed E-state index contributed by atoms with van der Waals surface area (Å²) >= 11 is 0. The van der Waals surface area contributed by atoms with Crippen LogP contribution >= 0.6 is 0 Å². The number of aliphatic hydroxyl groups excluding tert-OH is 1. The highest BCUT2D eigenvalue weighted by Gasteiger charge is 2.31. The Kier molecular flexibility index (Phi) is 13.1. The highest BCUT2D eigenvalue weighted by molar-refractivity contribution is 5.96. The van der Waals surface area contributed by atoms with E-state index >= 15 is 0 Å². The minimum atomic E-state index is -1.62. The fourth-order valence-electron chi connectivity index (χ4n) is 2.46. The summed E-state index contributed by atoms with van der Waals surface area (Å²) in [6.07, 6.45) is -0.542. The second-order valence-corrected chi connectivity index (χ2v) is 6.86. The molecule has 0 spiro atoms. The van der Waals surface area contributed by atoms with Crippen molar-refractivity contribution >= 4 is 35.6 Å². The Morgan fingerprint density at radius 3 is 1.78 bits per heavy atom. The van der Waals surface area contributed by atoms with Crippen molar-refractivity contribution in [1.29, 1.82) is 0 Å².